The van der Waals surface area contributed by atoms with E-state index in [1.165, 1.54) is 5.56 Å². The van der Waals surface area contributed by atoms with Gasteiger partial charge in [0.05, 0.1) is 20.6 Å². The molecular formula is C16H24N2O4. The summed E-state index contributed by atoms with van der Waals surface area (Å²) in [6.45, 7) is 5.25. The molecule has 0 amide bonds. The second-order valence-corrected chi connectivity index (χ2v) is 5.45. The maximum absolute atomic E-state index is 10.6. The van der Waals surface area contributed by atoms with Crippen LogP contribution >= 0.6 is 0 Å². The second-order valence-electron chi connectivity index (χ2n) is 5.45. The largest absolute Gasteiger partial charge is 0.493 e. The maximum Gasteiger partial charge on any atom is 0.304 e. The van der Waals surface area contributed by atoms with Crippen LogP contribution in [-0.4, -0.2) is 67.8 Å². The molecule has 2 rings (SSSR count). The van der Waals surface area contributed by atoms with E-state index in [-0.39, 0.29) is 6.42 Å². The van der Waals surface area contributed by atoms with Crippen LogP contribution in [0.1, 0.15) is 12.0 Å². The minimum absolute atomic E-state index is 0.218. The summed E-state index contributed by atoms with van der Waals surface area (Å²) >= 11 is 0. The number of ether oxygens (including phenoxy) is 2. The van der Waals surface area contributed by atoms with Gasteiger partial charge in [-0.2, -0.15) is 0 Å². The van der Waals surface area contributed by atoms with Gasteiger partial charge in [0, 0.05) is 39.3 Å². The summed E-state index contributed by atoms with van der Waals surface area (Å²) in [6, 6.07) is 5.99. The molecule has 1 fully saturated rings. The molecule has 1 heterocycles. The Morgan fingerprint density at radius 2 is 1.73 bits per heavy atom. The molecule has 0 spiro atoms. The summed E-state index contributed by atoms with van der Waals surface area (Å²) < 4.78 is 10.6. The zero-order chi connectivity index (χ0) is 15.9. The van der Waals surface area contributed by atoms with E-state index in [1.807, 2.05) is 12.1 Å². The van der Waals surface area contributed by atoms with Crippen LogP contribution in [-0.2, 0) is 11.3 Å². The minimum atomic E-state index is -0.729. The lowest BCUT2D eigenvalue weighted by atomic mass is 10.1. The van der Waals surface area contributed by atoms with Crippen molar-refractivity contribution in [3.63, 3.8) is 0 Å². The van der Waals surface area contributed by atoms with E-state index in [0.29, 0.717) is 6.54 Å². The Balaban J connectivity index is 1.84. The van der Waals surface area contributed by atoms with Crippen molar-refractivity contribution in [2.45, 2.75) is 13.0 Å². The molecule has 1 aromatic carbocycles. The van der Waals surface area contributed by atoms with Gasteiger partial charge in [0.25, 0.3) is 0 Å². The number of piperazine rings is 1. The fourth-order valence-electron chi connectivity index (χ4n) is 2.66. The molecule has 6 nitrogen and oxygen atoms in total. The molecule has 1 aromatic rings. The first kappa shape index (κ1) is 16.6. The lowest BCUT2D eigenvalue weighted by Crippen LogP contribution is -2.46. The van der Waals surface area contributed by atoms with Crippen molar-refractivity contribution in [2.24, 2.45) is 0 Å². The number of nitrogens with zero attached hydrogens (tertiary/aromatic N) is 2. The minimum Gasteiger partial charge on any atom is -0.493 e. The molecule has 1 saturated heterocycles. The zero-order valence-electron chi connectivity index (χ0n) is 13.2. The number of hydrogen-bond acceptors (Lipinski definition) is 5. The van der Waals surface area contributed by atoms with E-state index >= 15 is 0 Å². The van der Waals surface area contributed by atoms with Crippen molar-refractivity contribution < 1.29 is 19.4 Å². The van der Waals surface area contributed by atoms with Crippen LogP contribution in [0.2, 0.25) is 0 Å². The van der Waals surface area contributed by atoms with Gasteiger partial charge in [0.1, 0.15) is 0 Å². The first-order valence-electron chi connectivity index (χ1n) is 7.49. The van der Waals surface area contributed by atoms with Crippen LogP contribution in [0.5, 0.6) is 11.5 Å². The Labute approximate surface area is 131 Å². The van der Waals surface area contributed by atoms with E-state index in [1.54, 1.807) is 14.2 Å². The molecule has 6 heteroatoms. The number of rotatable bonds is 7. The Hall–Kier alpha value is -1.79. The number of aliphatic carboxylic acids is 1. The highest BCUT2D eigenvalue weighted by Gasteiger charge is 2.18. The van der Waals surface area contributed by atoms with E-state index in [4.69, 9.17) is 14.6 Å². The van der Waals surface area contributed by atoms with Crippen molar-refractivity contribution in [3.05, 3.63) is 23.8 Å². The molecule has 0 radical (unpaired) electrons. The van der Waals surface area contributed by atoms with Gasteiger partial charge in [0.15, 0.2) is 11.5 Å². The first-order valence-corrected chi connectivity index (χ1v) is 7.49. The highest BCUT2D eigenvalue weighted by Crippen LogP contribution is 2.28. The Morgan fingerprint density at radius 1 is 1.09 bits per heavy atom. The van der Waals surface area contributed by atoms with Crippen LogP contribution in [0.25, 0.3) is 0 Å². The lowest BCUT2D eigenvalue weighted by Gasteiger charge is -2.34. The fraction of sp³-hybridized carbons (Fsp3) is 0.562. The Morgan fingerprint density at radius 3 is 2.32 bits per heavy atom. The summed E-state index contributed by atoms with van der Waals surface area (Å²) in [5.41, 5.74) is 1.19. The van der Waals surface area contributed by atoms with Crippen LogP contribution in [0, 0.1) is 0 Å². The summed E-state index contributed by atoms with van der Waals surface area (Å²) in [6.07, 6.45) is 0.218. The number of carboxylic acids is 1. The van der Waals surface area contributed by atoms with E-state index in [0.717, 1.165) is 44.2 Å². The summed E-state index contributed by atoms with van der Waals surface area (Å²) in [5, 5.41) is 8.72. The van der Waals surface area contributed by atoms with Gasteiger partial charge in [-0.15, -0.1) is 0 Å². The van der Waals surface area contributed by atoms with Crippen molar-refractivity contribution in [1.82, 2.24) is 9.80 Å². The molecule has 0 aliphatic carbocycles. The van der Waals surface area contributed by atoms with Crippen LogP contribution in [0.4, 0.5) is 0 Å². The molecule has 0 unspecified atom stereocenters. The van der Waals surface area contributed by atoms with Gasteiger partial charge < -0.3 is 19.5 Å². The summed E-state index contributed by atoms with van der Waals surface area (Å²) in [7, 11) is 3.27. The second kappa shape index (κ2) is 8.00. The number of methoxy groups -OCH3 is 2. The smallest absolute Gasteiger partial charge is 0.304 e. The number of benzene rings is 1. The molecule has 0 saturated carbocycles. The third-order valence-corrected chi connectivity index (χ3v) is 3.96. The third kappa shape index (κ3) is 4.61. The summed E-state index contributed by atoms with van der Waals surface area (Å²) in [5.74, 6) is 0.762. The average molecular weight is 308 g/mol. The van der Waals surface area contributed by atoms with E-state index in [2.05, 4.69) is 15.9 Å². The molecular weight excluding hydrogens is 284 g/mol. The molecule has 1 aliphatic rings. The van der Waals surface area contributed by atoms with Crippen LogP contribution < -0.4 is 9.47 Å². The molecule has 0 atom stereocenters. The normalized spacial score (nSPS) is 16.5. The quantitative estimate of drug-likeness (QED) is 0.819. The van der Waals surface area contributed by atoms with Crippen LogP contribution in [0.3, 0.4) is 0 Å². The Bertz CT molecular complexity index is 499. The van der Waals surface area contributed by atoms with Gasteiger partial charge in [0.2, 0.25) is 0 Å². The molecule has 1 N–H and O–H groups in total. The van der Waals surface area contributed by atoms with E-state index in [9.17, 15) is 4.79 Å². The monoisotopic (exact) mass is 308 g/mol. The SMILES string of the molecule is COc1ccc(CN2CCN(CCC(=O)O)CC2)cc1OC. The molecule has 0 aromatic heterocycles. The highest BCUT2D eigenvalue weighted by molar-refractivity contribution is 5.66. The topological polar surface area (TPSA) is 62.2 Å². The third-order valence-electron chi connectivity index (χ3n) is 3.96. The van der Waals surface area contributed by atoms with Gasteiger partial charge in [-0.1, -0.05) is 6.07 Å². The van der Waals surface area contributed by atoms with Gasteiger partial charge >= 0.3 is 5.97 Å². The highest BCUT2D eigenvalue weighted by atomic mass is 16.5. The van der Waals surface area contributed by atoms with Gasteiger partial charge in [-0.25, -0.2) is 0 Å². The van der Waals surface area contributed by atoms with Crippen molar-refractivity contribution in [1.29, 1.82) is 0 Å². The summed E-state index contributed by atoms with van der Waals surface area (Å²) in [4.78, 5) is 15.2. The number of carbonyl (C=O) groups is 1. The zero-order valence-corrected chi connectivity index (χ0v) is 13.2. The standard InChI is InChI=1S/C16H24N2O4/c1-21-14-4-3-13(11-15(14)22-2)12-18-9-7-17(8-10-18)6-5-16(19)20/h3-4,11H,5-10,12H2,1-2H3,(H,19,20). The molecule has 1 aliphatic heterocycles. The first-order chi connectivity index (χ1) is 10.6. The van der Waals surface area contributed by atoms with Crippen molar-refractivity contribution in [3.8, 4) is 11.5 Å². The van der Waals surface area contributed by atoms with Gasteiger partial charge in [-0.3, -0.25) is 9.69 Å². The number of carboxylic acid groups (broad SMARTS) is 1. The average Bonchev–Trinajstić information content (AvgIpc) is 2.54. The fourth-order valence-corrected chi connectivity index (χ4v) is 2.66. The van der Waals surface area contributed by atoms with E-state index < -0.39 is 5.97 Å². The molecule has 22 heavy (non-hydrogen) atoms. The molecule has 0 bridgehead atoms. The van der Waals surface area contributed by atoms with Crippen molar-refractivity contribution >= 4 is 5.97 Å². The lowest BCUT2D eigenvalue weighted by molar-refractivity contribution is -0.137. The van der Waals surface area contributed by atoms with Gasteiger partial charge in [-0.05, 0) is 17.7 Å². The predicted molar refractivity (Wildman–Crippen MR) is 83.5 cm³/mol. The number of hydrogen-bond donors (Lipinski definition) is 1. The maximum atomic E-state index is 10.6. The molecule has 122 valence electrons. The van der Waals surface area contributed by atoms with Crippen molar-refractivity contribution in [2.75, 3.05) is 46.9 Å². The van der Waals surface area contributed by atoms with Crippen LogP contribution in [0.15, 0.2) is 18.2 Å². The Kier molecular flexibility index (Phi) is 6.03. The predicted octanol–water partition coefficient (Wildman–Crippen LogP) is 1.30.